The van der Waals surface area contributed by atoms with Crippen LogP contribution in [0.3, 0.4) is 0 Å². The summed E-state index contributed by atoms with van der Waals surface area (Å²) < 4.78 is 0. The number of aromatic nitrogens is 1. The number of nitrogens with zero attached hydrogens (tertiary/aromatic N) is 1. The molecule has 0 aliphatic rings. The summed E-state index contributed by atoms with van der Waals surface area (Å²) in [6.07, 6.45) is 1.67. The van der Waals surface area contributed by atoms with E-state index in [0.717, 1.165) is 12.2 Å². The summed E-state index contributed by atoms with van der Waals surface area (Å²) >= 11 is 0. The van der Waals surface area contributed by atoms with Crippen LogP contribution in [-0.4, -0.2) is 23.5 Å². The highest BCUT2D eigenvalue weighted by Crippen LogP contribution is 2.09. The van der Waals surface area contributed by atoms with Crippen molar-refractivity contribution in [2.75, 3.05) is 17.2 Å². The number of nitrogens with one attached hydrogen (secondary N) is 2. The summed E-state index contributed by atoms with van der Waals surface area (Å²) in [5.74, 6) is 0.276. The molecule has 0 radical (unpaired) electrons. The molecule has 0 bridgehead atoms. The van der Waals surface area contributed by atoms with E-state index in [1.807, 2.05) is 13.0 Å². The second-order valence-electron chi connectivity index (χ2n) is 3.24. The van der Waals surface area contributed by atoms with Gasteiger partial charge in [0.15, 0.2) is 0 Å². The molecule has 0 spiro atoms. The van der Waals surface area contributed by atoms with Gasteiger partial charge in [0, 0.05) is 6.54 Å². The average molecular weight is 208 g/mol. The van der Waals surface area contributed by atoms with Crippen LogP contribution in [0.2, 0.25) is 0 Å². The number of hydrogen-bond acceptors (Lipinski definition) is 4. The highest BCUT2D eigenvalue weighted by molar-refractivity contribution is 5.93. The lowest BCUT2D eigenvalue weighted by Gasteiger charge is -2.07. The first-order valence-corrected chi connectivity index (χ1v) is 4.90. The largest absolute Gasteiger partial charge is 0.384 e. The zero-order chi connectivity index (χ0) is 11.3. The van der Waals surface area contributed by atoms with Gasteiger partial charge in [-0.15, -0.1) is 0 Å². The molecule has 15 heavy (non-hydrogen) atoms. The van der Waals surface area contributed by atoms with Gasteiger partial charge in [-0.25, -0.2) is 4.98 Å². The maximum Gasteiger partial charge on any atom is 0.242 e. The van der Waals surface area contributed by atoms with Crippen molar-refractivity contribution in [3.63, 3.8) is 0 Å². The molecular weight excluding hydrogens is 192 g/mol. The minimum atomic E-state index is -0.528. The van der Waals surface area contributed by atoms with E-state index in [-0.39, 0.29) is 5.91 Å². The molecule has 1 atom stereocenters. The van der Waals surface area contributed by atoms with Crippen molar-refractivity contribution >= 4 is 17.4 Å². The van der Waals surface area contributed by atoms with E-state index in [4.69, 9.17) is 5.73 Å². The van der Waals surface area contributed by atoms with Crippen molar-refractivity contribution < 1.29 is 4.79 Å². The number of amides is 1. The van der Waals surface area contributed by atoms with Crippen LogP contribution in [0.1, 0.15) is 13.8 Å². The van der Waals surface area contributed by atoms with Crippen molar-refractivity contribution in [3.05, 3.63) is 18.3 Å². The van der Waals surface area contributed by atoms with Crippen LogP contribution in [0, 0.1) is 0 Å². The number of rotatable bonds is 4. The molecule has 0 saturated carbocycles. The minimum absolute atomic E-state index is 0.237. The molecule has 1 rings (SSSR count). The summed E-state index contributed by atoms with van der Waals surface area (Å²) in [5.41, 5.74) is 6.34. The fourth-order valence-corrected chi connectivity index (χ4v) is 1.02. The SMILES string of the molecule is CCNc1ccc(NC(=O)C(C)N)nc1. The van der Waals surface area contributed by atoms with Crippen molar-refractivity contribution in [2.45, 2.75) is 19.9 Å². The third-order valence-electron chi connectivity index (χ3n) is 1.81. The molecule has 5 nitrogen and oxygen atoms in total. The Morgan fingerprint density at radius 1 is 1.60 bits per heavy atom. The molecule has 0 aromatic carbocycles. The van der Waals surface area contributed by atoms with E-state index in [1.165, 1.54) is 0 Å². The highest BCUT2D eigenvalue weighted by Gasteiger charge is 2.07. The number of carbonyl (C=O) groups is 1. The van der Waals surface area contributed by atoms with Crippen LogP contribution in [0.5, 0.6) is 0 Å². The zero-order valence-electron chi connectivity index (χ0n) is 8.95. The summed E-state index contributed by atoms with van der Waals surface area (Å²) in [5, 5.41) is 5.72. The summed E-state index contributed by atoms with van der Waals surface area (Å²) in [6, 6.07) is 3.06. The number of nitrogens with two attached hydrogens (primary N) is 1. The number of anilines is 2. The molecule has 1 aromatic heterocycles. The molecule has 1 aromatic rings. The van der Waals surface area contributed by atoms with Crippen molar-refractivity contribution in [2.24, 2.45) is 5.73 Å². The predicted molar refractivity (Wildman–Crippen MR) is 60.7 cm³/mol. The molecule has 1 amide bonds. The standard InChI is InChI=1S/C10H16N4O/c1-3-12-8-4-5-9(13-6-8)14-10(15)7(2)11/h4-7,12H,3,11H2,1-2H3,(H,13,14,15). The fraction of sp³-hybridized carbons (Fsp3) is 0.400. The first-order chi connectivity index (χ1) is 7.13. The average Bonchev–Trinajstić information content (AvgIpc) is 2.21. The van der Waals surface area contributed by atoms with Crippen LogP contribution in [0.4, 0.5) is 11.5 Å². The lowest BCUT2D eigenvalue weighted by Crippen LogP contribution is -2.32. The number of carbonyl (C=O) groups excluding carboxylic acids is 1. The lowest BCUT2D eigenvalue weighted by molar-refractivity contribution is -0.117. The van der Waals surface area contributed by atoms with Gasteiger partial charge in [-0.3, -0.25) is 4.79 Å². The lowest BCUT2D eigenvalue weighted by atomic mass is 10.3. The first-order valence-electron chi connectivity index (χ1n) is 4.90. The van der Waals surface area contributed by atoms with Gasteiger partial charge in [-0.2, -0.15) is 0 Å². The van der Waals surface area contributed by atoms with Gasteiger partial charge in [0.25, 0.3) is 0 Å². The molecule has 0 aliphatic heterocycles. The van der Waals surface area contributed by atoms with E-state index in [1.54, 1.807) is 19.2 Å². The third kappa shape index (κ3) is 3.55. The maximum atomic E-state index is 11.2. The molecule has 0 fully saturated rings. The smallest absolute Gasteiger partial charge is 0.242 e. The Hall–Kier alpha value is -1.62. The molecule has 0 aliphatic carbocycles. The Labute approximate surface area is 89.1 Å². The van der Waals surface area contributed by atoms with Crippen LogP contribution in [0.25, 0.3) is 0 Å². The van der Waals surface area contributed by atoms with Crippen molar-refractivity contribution in [3.8, 4) is 0 Å². The van der Waals surface area contributed by atoms with Gasteiger partial charge in [-0.05, 0) is 26.0 Å². The van der Waals surface area contributed by atoms with Crippen LogP contribution in [0.15, 0.2) is 18.3 Å². The molecular formula is C10H16N4O. The molecule has 5 heteroatoms. The molecule has 1 heterocycles. The molecule has 4 N–H and O–H groups in total. The Morgan fingerprint density at radius 2 is 2.33 bits per heavy atom. The van der Waals surface area contributed by atoms with Gasteiger partial charge in [0.1, 0.15) is 5.82 Å². The van der Waals surface area contributed by atoms with Crippen molar-refractivity contribution in [1.82, 2.24) is 4.98 Å². The van der Waals surface area contributed by atoms with Crippen LogP contribution in [-0.2, 0) is 4.79 Å². The van der Waals surface area contributed by atoms with Gasteiger partial charge in [0.2, 0.25) is 5.91 Å². The highest BCUT2D eigenvalue weighted by atomic mass is 16.2. The maximum absolute atomic E-state index is 11.2. The summed E-state index contributed by atoms with van der Waals surface area (Å²) in [6.45, 7) is 4.47. The van der Waals surface area contributed by atoms with Gasteiger partial charge < -0.3 is 16.4 Å². The van der Waals surface area contributed by atoms with E-state index in [0.29, 0.717) is 5.82 Å². The molecule has 1 unspecified atom stereocenters. The third-order valence-corrected chi connectivity index (χ3v) is 1.81. The Balaban J connectivity index is 2.60. The number of pyridine rings is 1. The van der Waals surface area contributed by atoms with E-state index in [9.17, 15) is 4.79 Å². The monoisotopic (exact) mass is 208 g/mol. The number of hydrogen-bond donors (Lipinski definition) is 3. The topological polar surface area (TPSA) is 80.0 Å². The van der Waals surface area contributed by atoms with E-state index in [2.05, 4.69) is 15.6 Å². The predicted octanol–water partition coefficient (Wildman–Crippen LogP) is 0.799. The quantitative estimate of drug-likeness (QED) is 0.683. The first kappa shape index (κ1) is 11.5. The van der Waals surface area contributed by atoms with E-state index < -0.39 is 6.04 Å². The summed E-state index contributed by atoms with van der Waals surface area (Å²) in [4.78, 5) is 15.3. The second kappa shape index (κ2) is 5.31. The van der Waals surface area contributed by atoms with E-state index >= 15 is 0 Å². The minimum Gasteiger partial charge on any atom is -0.384 e. The Bertz CT molecular complexity index is 321. The molecule has 82 valence electrons. The molecule has 0 saturated heterocycles. The Morgan fingerprint density at radius 3 is 2.80 bits per heavy atom. The fourth-order valence-electron chi connectivity index (χ4n) is 1.02. The van der Waals surface area contributed by atoms with Crippen molar-refractivity contribution in [1.29, 1.82) is 0 Å². The zero-order valence-corrected chi connectivity index (χ0v) is 8.95. The normalized spacial score (nSPS) is 11.9. The second-order valence-corrected chi connectivity index (χ2v) is 3.24. The van der Waals surface area contributed by atoms with Gasteiger partial charge in [-0.1, -0.05) is 0 Å². The summed E-state index contributed by atoms with van der Waals surface area (Å²) in [7, 11) is 0. The Kier molecular flexibility index (Phi) is 4.05. The van der Waals surface area contributed by atoms with Crippen LogP contribution >= 0.6 is 0 Å². The van der Waals surface area contributed by atoms with Gasteiger partial charge >= 0.3 is 0 Å². The van der Waals surface area contributed by atoms with Crippen LogP contribution < -0.4 is 16.4 Å². The van der Waals surface area contributed by atoms with Gasteiger partial charge in [0.05, 0.1) is 17.9 Å².